The minimum atomic E-state index is -0.294. The Morgan fingerprint density at radius 3 is 3.00 bits per heavy atom. The first-order valence-electron chi connectivity index (χ1n) is 4.20. The van der Waals surface area contributed by atoms with Crippen LogP contribution in [0.1, 0.15) is 6.92 Å². The Morgan fingerprint density at radius 2 is 2.43 bits per heavy atom. The Hall–Kier alpha value is -0.0400. The van der Waals surface area contributed by atoms with E-state index in [1.807, 2.05) is 0 Å². The molecule has 14 heavy (non-hydrogen) atoms. The van der Waals surface area contributed by atoms with E-state index < -0.39 is 0 Å². The summed E-state index contributed by atoms with van der Waals surface area (Å²) in [4.78, 5) is 4.00. The fourth-order valence-corrected chi connectivity index (χ4v) is 2.22. The third-order valence-corrected chi connectivity index (χ3v) is 3.26. The van der Waals surface area contributed by atoms with Gasteiger partial charge in [0.25, 0.3) is 0 Å². The molecule has 0 aliphatic carbocycles. The van der Waals surface area contributed by atoms with Gasteiger partial charge in [-0.15, -0.1) is 0 Å². The van der Waals surface area contributed by atoms with Crippen molar-refractivity contribution in [3.8, 4) is 0 Å². The molecule has 1 aromatic heterocycles. The Labute approximate surface area is 101 Å². The van der Waals surface area contributed by atoms with Crippen molar-refractivity contribution < 1.29 is 4.39 Å². The number of hydrogen-bond acceptors (Lipinski definition) is 3. The van der Waals surface area contributed by atoms with Crippen molar-refractivity contribution >= 4 is 40.2 Å². The number of nitrogens with one attached hydrogen (secondary N) is 1. The average molecular weight is 326 g/mol. The van der Waals surface area contributed by atoms with E-state index >= 15 is 0 Å². The monoisotopic (exact) mass is 326 g/mol. The maximum absolute atomic E-state index is 12.7. The molecule has 0 saturated carbocycles. The summed E-state index contributed by atoms with van der Waals surface area (Å²) in [5.41, 5.74) is 0. The molecular weight excluding hydrogens is 314 g/mol. The highest BCUT2D eigenvalue weighted by Crippen LogP contribution is 2.17. The van der Waals surface area contributed by atoms with Gasteiger partial charge in [0.15, 0.2) is 0 Å². The summed E-state index contributed by atoms with van der Waals surface area (Å²) in [6.07, 6.45) is 3.29. The van der Waals surface area contributed by atoms with Gasteiger partial charge < -0.3 is 5.32 Å². The third-order valence-electron chi connectivity index (χ3n) is 1.61. The molecule has 0 radical (unpaired) electrons. The van der Waals surface area contributed by atoms with Gasteiger partial charge in [-0.05, 0) is 41.8 Å². The van der Waals surface area contributed by atoms with Crippen LogP contribution >= 0.6 is 34.4 Å². The molecular formula is C9H12FIN2S. The standard InChI is InChI=1S/C9H12FIN2S/c1-6(5-14-2)13-9-8(11)3-7(10)4-12-9/h3-4,6H,5H2,1-2H3,(H,12,13). The molecule has 1 heterocycles. The molecule has 1 atom stereocenters. The topological polar surface area (TPSA) is 24.9 Å². The molecule has 0 aliphatic rings. The second-order valence-electron chi connectivity index (χ2n) is 2.98. The van der Waals surface area contributed by atoms with E-state index in [4.69, 9.17) is 0 Å². The Kier molecular flexibility index (Phi) is 4.94. The van der Waals surface area contributed by atoms with Crippen LogP contribution in [0, 0.1) is 9.39 Å². The zero-order chi connectivity index (χ0) is 10.6. The summed E-state index contributed by atoms with van der Waals surface area (Å²) in [5, 5.41) is 3.23. The van der Waals surface area contributed by atoms with Gasteiger partial charge in [0.2, 0.25) is 0 Å². The van der Waals surface area contributed by atoms with Gasteiger partial charge in [-0.2, -0.15) is 11.8 Å². The quantitative estimate of drug-likeness (QED) is 0.861. The predicted octanol–water partition coefficient (Wildman–Crippen LogP) is 2.99. The van der Waals surface area contributed by atoms with Crippen LogP contribution in [0.3, 0.4) is 0 Å². The van der Waals surface area contributed by atoms with Crippen molar-refractivity contribution in [2.24, 2.45) is 0 Å². The number of hydrogen-bond donors (Lipinski definition) is 1. The molecule has 1 aromatic rings. The number of nitrogens with zero attached hydrogens (tertiary/aromatic N) is 1. The predicted molar refractivity (Wildman–Crippen MR) is 68.4 cm³/mol. The molecule has 0 bridgehead atoms. The summed E-state index contributed by atoms with van der Waals surface area (Å²) >= 11 is 3.85. The Morgan fingerprint density at radius 1 is 1.71 bits per heavy atom. The van der Waals surface area contributed by atoms with E-state index in [9.17, 15) is 4.39 Å². The molecule has 0 amide bonds. The molecule has 0 aliphatic heterocycles. The van der Waals surface area contributed by atoms with Gasteiger partial charge in [0, 0.05) is 11.8 Å². The maximum atomic E-state index is 12.7. The van der Waals surface area contributed by atoms with Crippen LogP contribution in [0.2, 0.25) is 0 Å². The molecule has 1 rings (SSSR count). The zero-order valence-corrected chi connectivity index (χ0v) is 11.0. The minimum absolute atomic E-state index is 0.294. The van der Waals surface area contributed by atoms with Crippen molar-refractivity contribution in [3.05, 3.63) is 21.7 Å². The summed E-state index contributed by atoms with van der Waals surface area (Å²) in [6, 6.07) is 1.82. The van der Waals surface area contributed by atoms with E-state index in [0.717, 1.165) is 15.1 Å². The van der Waals surface area contributed by atoms with E-state index in [1.165, 1.54) is 12.3 Å². The zero-order valence-electron chi connectivity index (χ0n) is 8.05. The van der Waals surface area contributed by atoms with Gasteiger partial charge in [0.1, 0.15) is 11.6 Å². The molecule has 1 unspecified atom stereocenters. The van der Waals surface area contributed by atoms with Crippen molar-refractivity contribution in [2.75, 3.05) is 17.3 Å². The van der Waals surface area contributed by atoms with Gasteiger partial charge in [-0.1, -0.05) is 0 Å². The molecule has 0 aromatic carbocycles. The lowest BCUT2D eigenvalue weighted by molar-refractivity contribution is 0.620. The lowest BCUT2D eigenvalue weighted by atomic mass is 10.3. The van der Waals surface area contributed by atoms with Crippen molar-refractivity contribution in [3.63, 3.8) is 0 Å². The third kappa shape index (κ3) is 3.61. The molecule has 2 nitrogen and oxygen atoms in total. The highest BCUT2D eigenvalue weighted by Gasteiger charge is 2.06. The summed E-state index contributed by atoms with van der Waals surface area (Å²) in [5.74, 6) is 1.47. The number of halogens is 2. The molecule has 5 heteroatoms. The van der Waals surface area contributed by atoms with Gasteiger partial charge in [-0.25, -0.2) is 9.37 Å². The maximum Gasteiger partial charge on any atom is 0.142 e. The average Bonchev–Trinajstić information content (AvgIpc) is 2.10. The molecule has 0 fully saturated rings. The smallest absolute Gasteiger partial charge is 0.142 e. The van der Waals surface area contributed by atoms with Crippen LogP contribution in [0.5, 0.6) is 0 Å². The second-order valence-corrected chi connectivity index (χ2v) is 5.06. The normalized spacial score (nSPS) is 12.6. The van der Waals surface area contributed by atoms with Crippen LogP contribution < -0.4 is 5.32 Å². The highest BCUT2D eigenvalue weighted by molar-refractivity contribution is 14.1. The lowest BCUT2D eigenvalue weighted by Gasteiger charge is -2.13. The van der Waals surface area contributed by atoms with Crippen LogP contribution in [0.4, 0.5) is 10.2 Å². The Balaban J connectivity index is 2.67. The molecule has 0 saturated heterocycles. The van der Waals surface area contributed by atoms with Gasteiger partial charge in [0.05, 0.1) is 9.77 Å². The molecule has 1 N–H and O–H groups in total. The van der Waals surface area contributed by atoms with Gasteiger partial charge >= 0.3 is 0 Å². The highest BCUT2D eigenvalue weighted by atomic mass is 127. The van der Waals surface area contributed by atoms with Crippen LogP contribution in [0.25, 0.3) is 0 Å². The summed E-state index contributed by atoms with van der Waals surface area (Å²) in [6.45, 7) is 2.08. The van der Waals surface area contributed by atoms with E-state index in [0.29, 0.717) is 6.04 Å². The van der Waals surface area contributed by atoms with Crippen molar-refractivity contribution in [2.45, 2.75) is 13.0 Å². The summed E-state index contributed by atoms with van der Waals surface area (Å²) in [7, 11) is 0. The first kappa shape index (κ1) is 12.0. The van der Waals surface area contributed by atoms with Crippen molar-refractivity contribution in [1.29, 1.82) is 0 Å². The first-order valence-corrected chi connectivity index (χ1v) is 6.67. The molecule has 78 valence electrons. The number of anilines is 1. The molecule has 0 spiro atoms. The number of rotatable bonds is 4. The number of pyridine rings is 1. The van der Waals surface area contributed by atoms with E-state index in [2.05, 4.69) is 46.1 Å². The summed E-state index contributed by atoms with van der Waals surface area (Å²) < 4.78 is 13.5. The largest absolute Gasteiger partial charge is 0.366 e. The van der Waals surface area contributed by atoms with E-state index in [-0.39, 0.29) is 5.82 Å². The number of thioether (sulfide) groups is 1. The lowest BCUT2D eigenvalue weighted by Crippen LogP contribution is -2.19. The van der Waals surface area contributed by atoms with Crippen LogP contribution in [-0.2, 0) is 0 Å². The minimum Gasteiger partial charge on any atom is -0.366 e. The second kappa shape index (κ2) is 5.75. The van der Waals surface area contributed by atoms with Crippen LogP contribution in [-0.4, -0.2) is 23.0 Å². The SMILES string of the molecule is CSCC(C)Nc1ncc(F)cc1I. The first-order chi connectivity index (χ1) is 6.63. The fourth-order valence-electron chi connectivity index (χ4n) is 1.05. The van der Waals surface area contributed by atoms with Gasteiger partial charge in [-0.3, -0.25) is 0 Å². The fraction of sp³-hybridized carbons (Fsp3) is 0.444. The Bertz CT molecular complexity index is 309. The van der Waals surface area contributed by atoms with Crippen molar-refractivity contribution in [1.82, 2.24) is 4.98 Å². The number of aromatic nitrogens is 1. The van der Waals surface area contributed by atoms with Crippen LogP contribution in [0.15, 0.2) is 12.3 Å². The van der Waals surface area contributed by atoms with E-state index in [1.54, 1.807) is 11.8 Å².